The number of hydrogen-bond donors (Lipinski definition) is 1. The Morgan fingerprint density at radius 2 is 1.93 bits per heavy atom. The van der Waals surface area contributed by atoms with Gasteiger partial charge in [0.25, 0.3) is 0 Å². The normalized spacial score (nSPS) is 13.4. The number of carbonyl (C=O) groups is 1. The molecule has 1 amide bonds. The molecule has 1 aromatic carbocycles. The van der Waals surface area contributed by atoms with E-state index in [0.717, 1.165) is 61.6 Å². The molecule has 156 valence electrons. The van der Waals surface area contributed by atoms with E-state index in [-0.39, 0.29) is 5.91 Å². The SMILES string of the molecule is C=CC(=O)NCCCN(C)c1nc(N2CCCC2)nc2cc(OC)c(OC)cc12. The summed E-state index contributed by atoms with van der Waals surface area (Å²) in [5.41, 5.74) is 0.821. The molecule has 29 heavy (non-hydrogen) atoms. The van der Waals surface area contributed by atoms with Gasteiger partial charge in [0.05, 0.1) is 19.7 Å². The number of nitrogens with one attached hydrogen (secondary N) is 1. The van der Waals surface area contributed by atoms with Crippen molar-refractivity contribution in [2.24, 2.45) is 0 Å². The Labute approximate surface area is 171 Å². The van der Waals surface area contributed by atoms with E-state index in [0.29, 0.717) is 18.0 Å². The second-order valence-electron chi connectivity index (χ2n) is 7.04. The Kier molecular flexibility index (Phi) is 6.74. The highest BCUT2D eigenvalue weighted by Gasteiger charge is 2.20. The Morgan fingerprint density at radius 1 is 1.24 bits per heavy atom. The minimum Gasteiger partial charge on any atom is -0.493 e. The Bertz CT molecular complexity index is 880. The highest BCUT2D eigenvalue weighted by Crippen LogP contribution is 2.36. The van der Waals surface area contributed by atoms with Crippen LogP contribution in [0.5, 0.6) is 11.5 Å². The molecule has 0 atom stereocenters. The van der Waals surface area contributed by atoms with Crippen LogP contribution in [0.1, 0.15) is 19.3 Å². The molecule has 0 unspecified atom stereocenters. The van der Waals surface area contributed by atoms with Crippen molar-refractivity contribution in [3.8, 4) is 11.5 Å². The fourth-order valence-corrected chi connectivity index (χ4v) is 3.48. The third kappa shape index (κ3) is 4.70. The summed E-state index contributed by atoms with van der Waals surface area (Å²) in [6, 6.07) is 3.82. The van der Waals surface area contributed by atoms with Gasteiger partial charge in [-0.1, -0.05) is 6.58 Å². The smallest absolute Gasteiger partial charge is 0.243 e. The first kappa shape index (κ1) is 20.7. The van der Waals surface area contributed by atoms with E-state index in [9.17, 15) is 4.79 Å². The average Bonchev–Trinajstić information content (AvgIpc) is 3.29. The molecule has 0 aliphatic carbocycles. The minimum atomic E-state index is -0.159. The molecule has 2 heterocycles. The molecule has 3 rings (SSSR count). The Balaban J connectivity index is 1.93. The number of rotatable bonds is 9. The molecule has 2 aromatic rings. The maximum Gasteiger partial charge on any atom is 0.243 e. The molecule has 1 N–H and O–H groups in total. The van der Waals surface area contributed by atoms with Crippen molar-refractivity contribution < 1.29 is 14.3 Å². The number of benzene rings is 1. The molecule has 0 bridgehead atoms. The van der Waals surface area contributed by atoms with E-state index in [1.807, 2.05) is 19.2 Å². The van der Waals surface area contributed by atoms with E-state index < -0.39 is 0 Å². The summed E-state index contributed by atoms with van der Waals surface area (Å²) in [5.74, 6) is 2.71. The van der Waals surface area contributed by atoms with Gasteiger partial charge in [-0.3, -0.25) is 4.79 Å². The van der Waals surface area contributed by atoms with Crippen LogP contribution in [-0.2, 0) is 4.79 Å². The summed E-state index contributed by atoms with van der Waals surface area (Å²) in [6.45, 7) is 6.71. The summed E-state index contributed by atoms with van der Waals surface area (Å²) in [7, 11) is 5.24. The van der Waals surface area contributed by atoms with Gasteiger partial charge in [0.15, 0.2) is 11.5 Å². The summed E-state index contributed by atoms with van der Waals surface area (Å²) in [5, 5.41) is 3.71. The van der Waals surface area contributed by atoms with Gasteiger partial charge in [-0.15, -0.1) is 0 Å². The molecular formula is C21H29N5O3. The number of amides is 1. The highest BCUT2D eigenvalue weighted by atomic mass is 16.5. The molecule has 0 saturated carbocycles. The van der Waals surface area contributed by atoms with Crippen LogP contribution >= 0.6 is 0 Å². The summed E-state index contributed by atoms with van der Waals surface area (Å²) < 4.78 is 10.9. The largest absolute Gasteiger partial charge is 0.493 e. The van der Waals surface area contributed by atoms with Crippen molar-refractivity contribution in [2.45, 2.75) is 19.3 Å². The van der Waals surface area contributed by atoms with Crippen LogP contribution in [0.4, 0.5) is 11.8 Å². The average molecular weight is 399 g/mol. The molecule has 0 radical (unpaired) electrons. The number of methoxy groups -OCH3 is 2. The van der Waals surface area contributed by atoms with E-state index in [4.69, 9.17) is 19.4 Å². The van der Waals surface area contributed by atoms with Gasteiger partial charge >= 0.3 is 0 Å². The van der Waals surface area contributed by atoms with Crippen molar-refractivity contribution in [2.75, 3.05) is 57.2 Å². The lowest BCUT2D eigenvalue weighted by molar-refractivity contribution is -0.116. The molecule has 8 heteroatoms. The van der Waals surface area contributed by atoms with Gasteiger partial charge in [-0.2, -0.15) is 4.98 Å². The van der Waals surface area contributed by atoms with E-state index in [1.54, 1.807) is 14.2 Å². The molecule has 0 spiro atoms. The second kappa shape index (κ2) is 9.45. The van der Waals surface area contributed by atoms with Crippen LogP contribution < -0.4 is 24.6 Å². The monoisotopic (exact) mass is 399 g/mol. The predicted molar refractivity (Wildman–Crippen MR) is 115 cm³/mol. The third-order valence-corrected chi connectivity index (χ3v) is 5.07. The zero-order valence-corrected chi connectivity index (χ0v) is 17.4. The predicted octanol–water partition coefficient (Wildman–Crippen LogP) is 2.38. The maximum atomic E-state index is 11.3. The van der Waals surface area contributed by atoms with E-state index in [1.165, 1.54) is 6.08 Å². The lowest BCUT2D eigenvalue weighted by Gasteiger charge is -2.23. The van der Waals surface area contributed by atoms with Crippen LogP contribution in [0.25, 0.3) is 10.9 Å². The van der Waals surface area contributed by atoms with Gasteiger partial charge in [0, 0.05) is 44.7 Å². The first-order chi connectivity index (χ1) is 14.1. The number of fused-ring (bicyclic) bond motifs is 1. The van der Waals surface area contributed by atoms with Crippen molar-refractivity contribution >= 4 is 28.6 Å². The highest BCUT2D eigenvalue weighted by molar-refractivity contribution is 5.93. The molecule has 1 fully saturated rings. The number of aromatic nitrogens is 2. The minimum absolute atomic E-state index is 0.159. The maximum absolute atomic E-state index is 11.3. The van der Waals surface area contributed by atoms with Crippen molar-refractivity contribution in [3.05, 3.63) is 24.8 Å². The van der Waals surface area contributed by atoms with Crippen LogP contribution in [-0.4, -0.2) is 63.3 Å². The fraction of sp³-hybridized carbons (Fsp3) is 0.476. The zero-order valence-electron chi connectivity index (χ0n) is 17.4. The second-order valence-corrected chi connectivity index (χ2v) is 7.04. The van der Waals surface area contributed by atoms with E-state index in [2.05, 4.69) is 21.7 Å². The van der Waals surface area contributed by atoms with Crippen molar-refractivity contribution in [1.82, 2.24) is 15.3 Å². The standard InChI is InChI=1S/C21H29N5O3/c1-5-19(27)22-9-8-10-25(2)20-15-13-17(28-3)18(29-4)14-16(15)23-21(24-20)26-11-6-7-12-26/h5,13-14H,1,6-12H2,2-4H3,(H,22,27). The molecule has 1 aromatic heterocycles. The number of ether oxygens (including phenoxy) is 2. The fourth-order valence-electron chi connectivity index (χ4n) is 3.48. The number of hydrogen-bond acceptors (Lipinski definition) is 7. The van der Waals surface area contributed by atoms with Crippen LogP contribution in [0.2, 0.25) is 0 Å². The van der Waals surface area contributed by atoms with Crippen LogP contribution in [0.15, 0.2) is 24.8 Å². The number of carbonyl (C=O) groups excluding carboxylic acids is 1. The molecular weight excluding hydrogens is 370 g/mol. The molecule has 1 saturated heterocycles. The molecule has 1 aliphatic heterocycles. The van der Waals surface area contributed by atoms with Crippen LogP contribution in [0, 0.1) is 0 Å². The number of nitrogens with zero attached hydrogens (tertiary/aromatic N) is 4. The lowest BCUT2D eigenvalue weighted by Crippen LogP contribution is -2.28. The molecule has 1 aliphatic rings. The number of anilines is 2. The van der Waals surface area contributed by atoms with Gasteiger partial charge in [0.1, 0.15) is 5.82 Å². The quantitative estimate of drug-likeness (QED) is 0.512. The topological polar surface area (TPSA) is 79.8 Å². The summed E-state index contributed by atoms with van der Waals surface area (Å²) in [4.78, 5) is 25.3. The van der Waals surface area contributed by atoms with E-state index >= 15 is 0 Å². The van der Waals surface area contributed by atoms with Gasteiger partial charge < -0.3 is 24.6 Å². The third-order valence-electron chi connectivity index (χ3n) is 5.07. The van der Waals surface area contributed by atoms with Crippen molar-refractivity contribution in [1.29, 1.82) is 0 Å². The first-order valence-corrected chi connectivity index (χ1v) is 9.87. The molecule has 8 nitrogen and oxygen atoms in total. The van der Waals surface area contributed by atoms with Crippen molar-refractivity contribution in [3.63, 3.8) is 0 Å². The van der Waals surface area contributed by atoms with Crippen LogP contribution in [0.3, 0.4) is 0 Å². The van der Waals surface area contributed by atoms with Gasteiger partial charge in [-0.05, 0) is 31.4 Å². The first-order valence-electron chi connectivity index (χ1n) is 9.87. The Morgan fingerprint density at radius 3 is 2.59 bits per heavy atom. The lowest BCUT2D eigenvalue weighted by atomic mass is 10.2. The Hall–Kier alpha value is -3.03. The van der Waals surface area contributed by atoms with Gasteiger partial charge in [0.2, 0.25) is 11.9 Å². The summed E-state index contributed by atoms with van der Waals surface area (Å²) in [6.07, 6.45) is 4.38. The summed E-state index contributed by atoms with van der Waals surface area (Å²) >= 11 is 0. The zero-order chi connectivity index (χ0) is 20.8. The van der Waals surface area contributed by atoms with Gasteiger partial charge in [-0.25, -0.2) is 4.98 Å².